The summed E-state index contributed by atoms with van der Waals surface area (Å²) < 4.78 is 55.5. The van der Waals surface area contributed by atoms with E-state index in [1.54, 1.807) is 48.5 Å². The Morgan fingerprint density at radius 2 is 1.85 bits per heavy atom. The number of carbonyl (C=O) groups is 1. The molecule has 40 heavy (non-hydrogen) atoms. The van der Waals surface area contributed by atoms with Gasteiger partial charge in [-0.15, -0.1) is 0 Å². The number of methoxy groups -OCH3 is 1. The zero-order valence-electron chi connectivity index (χ0n) is 22.9. The van der Waals surface area contributed by atoms with Gasteiger partial charge in [-0.25, -0.2) is 12.8 Å². The van der Waals surface area contributed by atoms with Gasteiger partial charge in [0.25, 0.3) is 15.9 Å². The molecule has 2 aliphatic rings. The van der Waals surface area contributed by atoms with E-state index in [-0.39, 0.29) is 24.6 Å². The van der Waals surface area contributed by atoms with Crippen molar-refractivity contribution in [2.24, 2.45) is 0 Å². The first kappa shape index (κ1) is 28.2. The summed E-state index contributed by atoms with van der Waals surface area (Å²) in [5.74, 6) is 0.206. The molecule has 212 valence electrons. The second-order valence-electron chi connectivity index (χ2n) is 10.4. The van der Waals surface area contributed by atoms with Gasteiger partial charge >= 0.3 is 0 Å². The van der Waals surface area contributed by atoms with Crippen molar-refractivity contribution in [3.8, 4) is 5.75 Å². The normalized spacial score (nSPS) is 22.4. The van der Waals surface area contributed by atoms with Crippen LogP contribution in [0.4, 0.5) is 4.39 Å². The summed E-state index contributed by atoms with van der Waals surface area (Å²) >= 11 is 0. The van der Waals surface area contributed by atoms with Crippen LogP contribution in [0.5, 0.6) is 5.75 Å². The number of rotatable bonds is 8. The van der Waals surface area contributed by atoms with Gasteiger partial charge in [-0.1, -0.05) is 35.9 Å². The standard InChI is InChI=1S/C30H34FN3O5S/c1-20-12-13-21(2)24(16-20)30(35)33-18-27(38-3)28(19-33)39-23-9-6-8-22(17-23)29(31)40(36,37)34-15-7-11-26(34)25-10-4-5-14-32-25/h4-6,8-10,12-14,16-17,26-29H,7,11,15,18-19H2,1-3H3. The molecule has 2 aromatic carbocycles. The second kappa shape index (κ2) is 11.6. The summed E-state index contributed by atoms with van der Waals surface area (Å²) in [6.07, 6.45) is 1.93. The quantitative estimate of drug-likeness (QED) is 0.390. The molecule has 3 aromatic rings. The molecule has 0 saturated carbocycles. The van der Waals surface area contributed by atoms with Crippen LogP contribution in [-0.4, -0.2) is 67.5 Å². The van der Waals surface area contributed by atoms with E-state index < -0.39 is 33.8 Å². The van der Waals surface area contributed by atoms with Crippen LogP contribution < -0.4 is 4.74 Å². The monoisotopic (exact) mass is 567 g/mol. The number of likely N-dealkylation sites (tertiary alicyclic amines) is 1. The summed E-state index contributed by atoms with van der Waals surface area (Å²) in [6, 6.07) is 16.7. The highest BCUT2D eigenvalue weighted by Gasteiger charge is 2.42. The summed E-state index contributed by atoms with van der Waals surface area (Å²) in [4.78, 5) is 19.3. The molecule has 0 spiro atoms. The van der Waals surface area contributed by atoms with Crippen molar-refractivity contribution in [1.82, 2.24) is 14.2 Å². The van der Waals surface area contributed by atoms with E-state index in [1.165, 1.54) is 16.4 Å². The topological polar surface area (TPSA) is 89.0 Å². The van der Waals surface area contributed by atoms with Crippen LogP contribution in [0.2, 0.25) is 0 Å². The van der Waals surface area contributed by atoms with Gasteiger partial charge in [0.15, 0.2) is 0 Å². The largest absolute Gasteiger partial charge is 0.486 e. The van der Waals surface area contributed by atoms with Crippen LogP contribution in [0.25, 0.3) is 0 Å². The number of halogens is 1. The zero-order valence-corrected chi connectivity index (χ0v) is 23.7. The maximum Gasteiger partial charge on any atom is 0.254 e. The molecular formula is C30H34FN3O5S. The summed E-state index contributed by atoms with van der Waals surface area (Å²) in [7, 11) is -2.76. The Morgan fingerprint density at radius 1 is 1.05 bits per heavy atom. The van der Waals surface area contributed by atoms with Crippen molar-refractivity contribution in [3.05, 3.63) is 94.8 Å². The fraction of sp³-hybridized carbons (Fsp3) is 0.400. The number of hydrogen-bond donors (Lipinski definition) is 0. The number of hydrogen-bond acceptors (Lipinski definition) is 6. The van der Waals surface area contributed by atoms with Crippen molar-refractivity contribution in [2.45, 2.75) is 50.4 Å². The van der Waals surface area contributed by atoms with Gasteiger partial charge in [-0.2, -0.15) is 4.31 Å². The number of sulfonamides is 1. The number of amides is 1. The fourth-order valence-electron chi connectivity index (χ4n) is 5.49. The molecule has 4 atom stereocenters. The van der Waals surface area contributed by atoms with Crippen molar-refractivity contribution >= 4 is 15.9 Å². The van der Waals surface area contributed by atoms with E-state index in [9.17, 15) is 13.2 Å². The van der Waals surface area contributed by atoms with Gasteiger partial charge in [-0.3, -0.25) is 9.78 Å². The number of nitrogens with zero attached hydrogens (tertiary/aromatic N) is 3. The Kier molecular flexibility index (Phi) is 8.21. The lowest BCUT2D eigenvalue weighted by Crippen LogP contribution is -2.34. The first-order valence-corrected chi connectivity index (χ1v) is 14.9. The molecular weight excluding hydrogens is 533 g/mol. The first-order valence-electron chi connectivity index (χ1n) is 13.4. The maximum absolute atomic E-state index is 15.7. The van der Waals surface area contributed by atoms with Gasteiger partial charge in [0.05, 0.1) is 24.8 Å². The molecule has 1 aromatic heterocycles. The highest BCUT2D eigenvalue weighted by atomic mass is 32.2. The number of benzene rings is 2. The Hall–Kier alpha value is -3.34. The lowest BCUT2D eigenvalue weighted by Gasteiger charge is -2.26. The summed E-state index contributed by atoms with van der Waals surface area (Å²) in [5.41, 5.74) is 0.856. The van der Waals surface area contributed by atoms with Crippen molar-refractivity contribution in [1.29, 1.82) is 0 Å². The molecule has 5 rings (SSSR count). The number of aromatic nitrogens is 1. The van der Waals surface area contributed by atoms with Gasteiger partial charge in [0.1, 0.15) is 18.0 Å². The number of pyridine rings is 1. The first-order chi connectivity index (χ1) is 19.2. The molecule has 0 radical (unpaired) electrons. The minimum atomic E-state index is -4.31. The molecule has 1 amide bonds. The molecule has 3 heterocycles. The molecule has 8 nitrogen and oxygen atoms in total. The molecule has 0 bridgehead atoms. The van der Waals surface area contributed by atoms with Crippen LogP contribution in [0.1, 0.15) is 57.1 Å². The Labute approximate surface area is 234 Å². The van der Waals surface area contributed by atoms with E-state index in [4.69, 9.17) is 9.47 Å². The average molecular weight is 568 g/mol. The van der Waals surface area contributed by atoms with Gasteiger partial charge < -0.3 is 14.4 Å². The molecule has 0 aliphatic carbocycles. The van der Waals surface area contributed by atoms with E-state index in [0.717, 1.165) is 11.1 Å². The lowest BCUT2D eigenvalue weighted by atomic mass is 10.0. The minimum Gasteiger partial charge on any atom is -0.486 e. The molecule has 2 fully saturated rings. The van der Waals surface area contributed by atoms with Crippen LogP contribution in [0.15, 0.2) is 66.9 Å². The minimum absolute atomic E-state index is 0.0144. The fourth-order valence-corrected chi connectivity index (χ4v) is 7.17. The van der Waals surface area contributed by atoms with E-state index >= 15 is 4.39 Å². The highest BCUT2D eigenvalue weighted by Crippen LogP contribution is 2.39. The Balaban J connectivity index is 1.31. The van der Waals surface area contributed by atoms with Gasteiger partial charge in [-0.05, 0) is 62.6 Å². The third-order valence-corrected chi connectivity index (χ3v) is 9.54. The predicted octanol–water partition coefficient (Wildman–Crippen LogP) is 4.75. The van der Waals surface area contributed by atoms with Gasteiger partial charge in [0, 0.05) is 31.0 Å². The van der Waals surface area contributed by atoms with Crippen molar-refractivity contribution < 1.29 is 27.1 Å². The van der Waals surface area contributed by atoms with Crippen molar-refractivity contribution in [2.75, 3.05) is 26.7 Å². The third kappa shape index (κ3) is 5.61. The number of carbonyl (C=O) groups excluding carboxylic acids is 1. The van der Waals surface area contributed by atoms with Gasteiger partial charge in [0.2, 0.25) is 5.50 Å². The van der Waals surface area contributed by atoms with Crippen molar-refractivity contribution in [3.63, 3.8) is 0 Å². The summed E-state index contributed by atoms with van der Waals surface area (Å²) in [5, 5.41) is 0. The van der Waals surface area contributed by atoms with E-state index in [1.807, 2.05) is 32.0 Å². The van der Waals surface area contributed by atoms with Crippen LogP contribution in [0, 0.1) is 13.8 Å². The van der Waals surface area contributed by atoms with Crippen LogP contribution >= 0.6 is 0 Å². The molecule has 0 N–H and O–H groups in total. The number of aryl methyl sites for hydroxylation is 2. The van der Waals surface area contributed by atoms with E-state index in [2.05, 4.69) is 4.98 Å². The van der Waals surface area contributed by atoms with Crippen LogP contribution in [-0.2, 0) is 14.8 Å². The predicted molar refractivity (Wildman–Crippen MR) is 149 cm³/mol. The third-order valence-electron chi connectivity index (χ3n) is 7.66. The second-order valence-corrected chi connectivity index (χ2v) is 12.3. The average Bonchev–Trinajstić information content (AvgIpc) is 3.62. The summed E-state index contributed by atoms with van der Waals surface area (Å²) in [6.45, 7) is 4.71. The van der Waals surface area contributed by atoms with E-state index in [0.29, 0.717) is 36.4 Å². The maximum atomic E-state index is 15.7. The highest BCUT2D eigenvalue weighted by molar-refractivity contribution is 7.89. The Bertz CT molecular complexity index is 1470. The molecule has 2 saturated heterocycles. The smallest absolute Gasteiger partial charge is 0.254 e. The number of ether oxygens (including phenoxy) is 2. The zero-order chi connectivity index (χ0) is 28.4. The lowest BCUT2D eigenvalue weighted by molar-refractivity contribution is 0.0339. The number of alkyl halides is 1. The molecule has 2 aliphatic heterocycles. The van der Waals surface area contributed by atoms with Crippen LogP contribution in [0.3, 0.4) is 0 Å². The Morgan fingerprint density at radius 3 is 2.60 bits per heavy atom. The molecule has 10 heteroatoms. The molecule has 4 unspecified atom stereocenters. The SMILES string of the molecule is COC1CN(C(=O)c2cc(C)ccc2C)CC1Oc1cccc(C(F)S(=O)(=O)N2CCCC2c2ccccn2)c1.